The lowest BCUT2D eigenvalue weighted by molar-refractivity contribution is -0.118. The second-order valence-electron chi connectivity index (χ2n) is 5.25. The van der Waals surface area contributed by atoms with E-state index in [2.05, 4.69) is 5.32 Å². The first-order valence-corrected chi connectivity index (χ1v) is 8.39. The Morgan fingerprint density at radius 1 is 1.20 bits per heavy atom. The van der Waals surface area contributed by atoms with Gasteiger partial charge in [-0.1, -0.05) is 38.1 Å². The summed E-state index contributed by atoms with van der Waals surface area (Å²) < 4.78 is 23.8. The number of nitrogens with one attached hydrogen (secondary N) is 1. The molecule has 0 spiro atoms. The molecule has 5 nitrogen and oxygen atoms in total. The van der Waals surface area contributed by atoms with Gasteiger partial charge in [0.25, 0.3) is 0 Å². The van der Waals surface area contributed by atoms with Gasteiger partial charge in [-0.3, -0.25) is 4.79 Å². The van der Waals surface area contributed by atoms with E-state index >= 15 is 0 Å². The third-order valence-electron chi connectivity index (χ3n) is 2.70. The fourth-order valence-electron chi connectivity index (χ4n) is 1.65. The molecule has 1 amide bonds. The molecule has 3 N–H and O–H groups in total. The topological polar surface area (TPSA) is 89.3 Å². The Hall–Kier alpha value is -1.40. The number of rotatable bonds is 7. The lowest BCUT2D eigenvalue weighted by Crippen LogP contribution is -2.33. The van der Waals surface area contributed by atoms with Crippen molar-refractivity contribution in [3.8, 4) is 0 Å². The van der Waals surface area contributed by atoms with E-state index in [1.54, 1.807) is 24.3 Å². The van der Waals surface area contributed by atoms with Gasteiger partial charge in [0.2, 0.25) is 5.91 Å². The Morgan fingerprint density at radius 2 is 1.75 bits per heavy atom. The summed E-state index contributed by atoms with van der Waals surface area (Å²) in [6, 6.07) is 7.05. The van der Waals surface area contributed by atoms with Crippen molar-refractivity contribution in [2.24, 2.45) is 11.7 Å². The lowest BCUT2D eigenvalue weighted by atomic mass is 10.1. The van der Waals surface area contributed by atoms with Crippen LogP contribution in [0.15, 0.2) is 24.3 Å². The molecule has 0 bridgehead atoms. The van der Waals surface area contributed by atoms with Crippen LogP contribution in [0.3, 0.4) is 0 Å². The van der Waals surface area contributed by atoms with Crippen molar-refractivity contribution in [3.63, 3.8) is 0 Å². The van der Waals surface area contributed by atoms with Crippen LogP contribution in [-0.4, -0.2) is 26.6 Å². The van der Waals surface area contributed by atoms with Gasteiger partial charge in [0.15, 0.2) is 9.84 Å². The predicted molar refractivity (Wildman–Crippen MR) is 79.7 cm³/mol. The zero-order valence-electron chi connectivity index (χ0n) is 11.9. The van der Waals surface area contributed by atoms with Crippen LogP contribution in [0.2, 0.25) is 0 Å². The van der Waals surface area contributed by atoms with Crippen molar-refractivity contribution >= 4 is 15.7 Å². The molecule has 1 aromatic carbocycles. The number of carbonyl (C=O) groups is 1. The average Bonchev–Trinajstić information content (AvgIpc) is 2.36. The molecule has 0 saturated heterocycles. The first-order valence-electron chi connectivity index (χ1n) is 6.57. The van der Waals surface area contributed by atoms with E-state index in [4.69, 9.17) is 5.73 Å². The highest BCUT2D eigenvalue weighted by molar-refractivity contribution is 7.91. The second-order valence-corrected chi connectivity index (χ2v) is 7.32. The van der Waals surface area contributed by atoms with E-state index in [0.29, 0.717) is 24.6 Å². The Bertz CT molecular complexity index is 536. The molecule has 112 valence electrons. The Balaban J connectivity index is 2.58. The van der Waals surface area contributed by atoms with Crippen LogP contribution >= 0.6 is 0 Å². The number of benzene rings is 1. The zero-order chi connectivity index (χ0) is 15.2. The molecular formula is C14H22N2O3S. The number of hydrogen-bond donors (Lipinski definition) is 2. The monoisotopic (exact) mass is 298 g/mol. The molecule has 1 aromatic rings. The van der Waals surface area contributed by atoms with Crippen molar-refractivity contribution in [3.05, 3.63) is 35.4 Å². The SMILES string of the molecule is CC(C)CNC(=O)CS(=O)(=O)Cc1ccc(CN)cc1. The van der Waals surface area contributed by atoms with Crippen molar-refractivity contribution in [2.75, 3.05) is 12.3 Å². The van der Waals surface area contributed by atoms with Gasteiger partial charge in [-0.2, -0.15) is 0 Å². The van der Waals surface area contributed by atoms with E-state index in [1.807, 2.05) is 13.8 Å². The summed E-state index contributed by atoms with van der Waals surface area (Å²) in [5.74, 6) is -0.756. The molecule has 0 aromatic heterocycles. The summed E-state index contributed by atoms with van der Waals surface area (Å²) >= 11 is 0. The first kappa shape index (κ1) is 16.7. The number of sulfone groups is 1. The van der Waals surface area contributed by atoms with Crippen LogP contribution in [0.1, 0.15) is 25.0 Å². The smallest absolute Gasteiger partial charge is 0.235 e. The number of nitrogens with two attached hydrogens (primary N) is 1. The van der Waals surface area contributed by atoms with E-state index < -0.39 is 21.5 Å². The second kappa shape index (κ2) is 7.40. The minimum absolute atomic E-state index is 0.132. The van der Waals surface area contributed by atoms with Gasteiger partial charge in [0, 0.05) is 13.1 Å². The highest BCUT2D eigenvalue weighted by Crippen LogP contribution is 2.08. The van der Waals surface area contributed by atoms with Gasteiger partial charge in [-0.25, -0.2) is 8.42 Å². The Labute approximate surface area is 120 Å². The summed E-state index contributed by atoms with van der Waals surface area (Å²) in [5, 5.41) is 2.61. The molecule has 6 heteroatoms. The first-order chi connectivity index (χ1) is 9.32. The molecule has 0 aliphatic heterocycles. The highest BCUT2D eigenvalue weighted by atomic mass is 32.2. The molecule has 0 atom stereocenters. The van der Waals surface area contributed by atoms with Crippen LogP contribution < -0.4 is 11.1 Å². The van der Waals surface area contributed by atoms with Crippen LogP contribution in [-0.2, 0) is 26.9 Å². The van der Waals surface area contributed by atoms with Gasteiger partial charge in [-0.05, 0) is 17.0 Å². The number of hydrogen-bond acceptors (Lipinski definition) is 4. The maximum absolute atomic E-state index is 11.9. The molecule has 0 unspecified atom stereocenters. The molecule has 20 heavy (non-hydrogen) atoms. The minimum Gasteiger partial charge on any atom is -0.355 e. The van der Waals surface area contributed by atoms with Gasteiger partial charge in [-0.15, -0.1) is 0 Å². The standard InChI is InChI=1S/C14H22N2O3S/c1-11(2)8-16-14(17)10-20(18,19)9-13-5-3-12(7-15)4-6-13/h3-6,11H,7-10,15H2,1-2H3,(H,16,17). The van der Waals surface area contributed by atoms with Crippen LogP contribution in [0.5, 0.6) is 0 Å². The van der Waals surface area contributed by atoms with Crippen molar-refractivity contribution in [1.29, 1.82) is 0 Å². The normalized spacial score (nSPS) is 11.6. The predicted octanol–water partition coefficient (Wildman–Crippen LogP) is 0.832. The quantitative estimate of drug-likeness (QED) is 0.780. The van der Waals surface area contributed by atoms with E-state index in [-0.39, 0.29) is 5.75 Å². The summed E-state index contributed by atoms with van der Waals surface area (Å²) in [6.45, 7) is 4.81. The number of carbonyl (C=O) groups excluding carboxylic acids is 1. The molecule has 0 radical (unpaired) electrons. The molecule has 1 rings (SSSR count). The van der Waals surface area contributed by atoms with Crippen LogP contribution in [0, 0.1) is 5.92 Å². The van der Waals surface area contributed by atoms with Crippen molar-refractivity contribution in [2.45, 2.75) is 26.1 Å². The van der Waals surface area contributed by atoms with Crippen LogP contribution in [0.4, 0.5) is 0 Å². The number of amides is 1. The van der Waals surface area contributed by atoms with Gasteiger partial charge in [0.05, 0.1) is 5.75 Å². The van der Waals surface area contributed by atoms with Crippen molar-refractivity contribution in [1.82, 2.24) is 5.32 Å². The van der Waals surface area contributed by atoms with Crippen LogP contribution in [0.25, 0.3) is 0 Å². The zero-order valence-corrected chi connectivity index (χ0v) is 12.7. The van der Waals surface area contributed by atoms with Crippen molar-refractivity contribution < 1.29 is 13.2 Å². The van der Waals surface area contributed by atoms with E-state index in [9.17, 15) is 13.2 Å². The Kier molecular flexibility index (Phi) is 6.16. The highest BCUT2D eigenvalue weighted by Gasteiger charge is 2.17. The maximum Gasteiger partial charge on any atom is 0.235 e. The molecule has 0 saturated carbocycles. The van der Waals surface area contributed by atoms with E-state index in [1.165, 1.54) is 0 Å². The van der Waals surface area contributed by atoms with E-state index in [0.717, 1.165) is 5.56 Å². The summed E-state index contributed by atoms with van der Waals surface area (Å²) in [4.78, 5) is 11.5. The minimum atomic E-state index is -3.44. The Morgan fingerprint density at radius 3 is 2.25 bits per heavy atom. The molecule has 0 aliphatic rings. The largest absolute Gasteiger partial charge is 0.355 e. The summed E-state index contributed by atoms with van der Waals surface area (Å²) in [6.07, 6.45) is 0. The fourth-order valence-corrected chi connectivity index (χ4v) is 2.95. The molecule has 0 aliphatic carbocycles. The van der Waals surface area contributed by atoms with Gasteiger partial charge >= 0.3 is 0 Å². The lowest BCUT2D eigenvalue weighted by Gasteiger charge is -2.08. The summed E-state index contributed by atoms with van der Waals surface area (Å²) in [7, 11) is -3.44. The molecular weight excluding hydrogens is 276 g/mol. The molecule has 0 fully saturated rings. The van der Waals surface area contributed by atoms with Gasteiger partial charge < -0.3 is 11.1 Å². The third kappa shape index (κ3) is 6.16. The fraction of sp³-hybridized carbons (Fsp3) is 0.500. The summed E-state index contributed by atoms with van der Waals surface area (Å²) in [5.41, 5.74) is 7.09. The third-order valence-corrected chi connectivity index (χ3v) is 4.18. The maximum atomic E-state index is 11.9. The van der Waals surface area contributed by atoms with Gasteiger partial charge in [0.1, 0.15) is 5.75 Å². The molecule has 0 heterocycles. The average molecular weight is 298 g/mol.